The van der Waals surface area contributed by atoms with Crippen LogP contribution in [0.15, 0.2) is 24.3 Å². The van der Waals surface area contributed by atoms with Gasteiger partial charge in [0.25, 0.3) is 0 Å². The van der Waals surface area contributed by atoms with E-state index in [1.165, 1.54) is 189 Å². The van der Waals surface area contributed by atoms with Crippen LogP contribution in [-0.4, -0.2) is 13.4 Å². The third-order valence-electron chi connectivity index (χ3n) is 10.1. The molecule has 4 heterocycles. The van der Waals surface area contributed by atoms with Crippen molar-refractivity contribution in [1.29, 1.82) is 0 Å². The molecule has 4 rings (SSSR count). The fourth-order valence-corrected chi connectivity index (χ4v) is 11.7. The number of carbonyl (C=O) groups excluding carboxylic acids is 1. The average Bonchev–Trinajstić information content (AvgIpc) is 3.91. The first-order valence-corrected chi connectivity index (χ1v) is 23.7. The molecule has 0 aliphatic heterocycles. The molecule has 4 aromatic rings. The fraction of sp³-hybridized carbons (Fsp3) is 0.659. The Morgan fingerprint density at radius 2 is 0.860 bits per heavy atom. The minimum Gasteiger partial charge on any atom is -0.487 e. The van der Waals surface area contributed by atoms with Crippen molar-refractivity contribution in [2.24, 2.45) is 0 Å². The maximum absolute atomic E-state index is 12.1. The Balaban J connectivity index is 1.19. The summed E-state index contributed by atoms with van der Waals surface area (Å²) in [6.07, 6.45) is 36.4. The number of aldehydes is 1. The maximum Gasteiger partial charge on any atom is 0.182 e. The molecular formula is C44H66O2S4. The number of rotatable bonds is 30. The molecule has 0 amide bonds. The molecule has 0 aliphatic rings. The van der Waals surface area contributed by atoms with Gasteiger partial charge in [-0.1, -0.05) is 155 Å². The van der Waals surface area contributed by atoms with E-state index in [0.717, 1.165) is 34.6 Å². The lowest BCUT2D eigenvalue weighted by Gasteiger charge is -2.02. The van der Waals surface area contributed by atoms with Crippen LogP contribution >= 0.6 is 45.3 Å². The number of methoxy groups -OCH3 is 1. The van der Waals surface area contributed by atoms with Crippen molar-refractivity contribution >= 4 is 61.0 Å². The molecule has 50 heavy (non-hydrogen) atoms. The van der Waals surface area contributed by atoms with E-state index in [1.807, 2.05) is 41.1 Å². The van der Waals surface area contributed by atoms with E-state index in [4.69, 9.17) is 4.74 Å². The summed E-state index contributed by atoms with van der Waals surface area (Å²) in [5.41, 5.74) is 2.38. The summed E-state index contributed by atoms with van der Waals surface area (Å²) in [6, 6.07) is 9.33. The lowest BCUT2D eigenvalue weighted by Crippen LogP contribution is -1.84. The average molecular weight is 755 g/mol. The van der Waals surface area contributed by atoms with Crippen molar-refractivity contribution in [1.82, 2.24) is 0 Å². The molecule has 4 aromatic heterocycles. The van der Waals surface area contributed by atoms with E-state index in [9.17, 15) is 4.79 Å². The van der Waals surface area contributed by atoms with Gasteiger partial charge in [-0.3, -0.25) is 4.79 Å². The van der Waals surface area contributed by atoms with Gasteiger partial charge in [-0.2, -0.15) is 0 Å². The molecule has 0 saturated heterocycles. The first kappa shape index (κ1) is 41.3. The van der Waals surface area contributed by atoms with Gasteiger partial charge in [0.2, 0.25) is 0 Å². The quantitative estimate of drug-likeness (QED) is 0.0391. The molecule has 0 atom stereocenters. The van der Waals surface area contributed by atoms with Crippen LogP contribution in [0.5, 0.6) is 5.06 Å². The highest BCUT2D eigenvalue weighted by Gasteiger charge is 2.18. The number of carbonyl (C=O) groups is 1. The predicted molar refractivity (Wildman–Crippen MR) is 228 cm³/mol. The smallest absolute Gasteiger partial charge is 0.182 e. The van der Waals surface area contributed by atoms with Crippen molar-refractivity contribution in [2.45, 2.75) is 181 Å². The Morgan fingerprint density at radius 1 is 0.480 bits per heavy atom. The third-order valence-corrected chi connectivity index (χ3v) is 14.8. The van der Waals surface area contributed by atoms with Crippen molar-refractivity contribution in [3.8, 4) is 25.9 Å². The Bertz CT molecular complexity index is 1440. The van der Waals surface area contributed by atoms with Crippen LogP contribution in [0.4, 0.5) is 0 Å². The van der Waals surface area contributed by atoms with Gasteiger partial charge in [0.1, 0.15) is 0 Å². The van der Waals surface area contributed by atoms with Crippen LogP contribution in [0.2, 0.25) is 0 Å². The van der Waals surface area contributed by atoms with Gasteiger partial charge < -0.3 is 4.74 Å². The number of thiophene rings is 4. The van der Waals surface area contributed by atoms with Crippen LogP contribution in [0.1, 0.15) is 187 Å². The summed E-state index contributed by atoms with van der Waals surface area (Å²) in [6.45, 7) is 4.58. The lowest BCUT2D eigenvalue weighted by atomic mass is 10.0. The third kappa shape index (κ3) is 14.2. The van der Waals surface area contributed by atoms with Gasteiger partial charge in [0, 0.05) is 40.0 Å². The molecule has 0 spiro atoms. The number of fused-ring (bicyclic) bond motifs is 1. The Morgan fingerprint density at radius 3 is 1.28 bits per heavy atom. The summed E-state index contributed by atoms with van der Waals surface area (Å²) in [5.74, 6) is 0. The summed E-state index contributed by atoms with van der Waals surface area (Å²) in [5, 5.41) is 1.04. The Kier molecular flexibility index (Phi) is 20.4. The molecule has 0 radical (unpaired) electrons. The topological polar surface area (TPSA) is 26.3 Å². The van der Waals surface area contributed by atoms with Crippen LogP contribution in [-0.2, 0) is 12.8 Å². The maximum atomic E-state index is 12.1. The monoisotopic (exact) mass is 754 g/mol. The van der Waals surface area contributed by atoms with Crippen molar-refractivity contribution in [3.05, 3.63) is 38.9 Å². The summed E-state index contributed by atoms with van der Waals surface area (Å²) in [4.78, 5) is 18.3. The molecule has 0 unspecified atom stereocenters. The number of hydrogen-bond donors (Lipinski definition) is 0. The molecule has 0 bridgehead atoms. The Hall–Kier alpha value is -1.47. The van der Waals surface area contributed by atoms with Crippen molar-refractivity contribution in [3.63, 3.8) is 0 Å². The lowest BCUT2D eigenvalue weighted by molar-refractivity contribution is 0.112. The predicted octanol–water partition coefficient (Wildman–Crippen LogP) is 16.7. The van der Waals surface area contributed by atoms with Crippen LogP contribution < -0.4 is 4.74 Å². The highest BCUT2D eigenvalue weighted by Crippen LogP contribution is 2.47. The summed E-state index contributed by atoms with van der Waals surface area (Å²) < 4.78 is 8.48. The van der Waals surface area contributed by atoms with Gasteiger partial charge in [-0.25, -0.2) is 0 Å². The van der Waals surface area contributed by atoms with Crippen LogP contribution in [0.25, 0.3) is 30.3 Å². The standard InChI is InChI=1S/C44H66O2S4/c1-4-6-8-10-12-14-16-18-20-22-24-26-28-35-30-37(43(34-45)47-35)39-32-41-42(49-39)33-40(50-41)38-31-36(48-44(38)46-3)29-27-25-23-21-19-17-15-13-11-9-7-5-2/h30-34H,4-29H2,1-3H3. The number of aryl methyl sites for hydroxylation is 2. The van der Waals surface area contributed by atoms with Gasteiger partial charge in [-0.05, 0) is 49.9 Å². The second-order valence-corrected chi connectivity index (χ2v) is 18.9. The SMILES string of the molecule is CCCCCCCCCCCCCCc1cc(-c2cc3sc(-c4cc(CCCCCCCCCCCCCC)sc4OC)cc3s2)c(C=O)s1. The molecule has 2 nitrogen and oxygen atoms in total. The normalized spacial score (nSPS) is 11.7. The highest BCUT2D eigenvalue weighted by molar-refractivity contribution is 7.31. The van der Waals surface area contributed by atoms with E-state index in [2.05, 4.69) is 38.1 Å². The highest BCUT2D eigenvalue weighted by atomic mass is 32.1. The van der Waals surface area contributed by atoms with E-state index in [0.29, 0.717) is 0 Å². The van der Waals surface area contributed by atoms with Crippen molar-refractivity contribution < 1.29 is 9.53 Å². The van der Waals surface area contributed by atoms with E-state index >= 15 is 0 Å². The van der Waals surface area contributed by atoms with E-state index in [-0.39, 0.29) is 0 Å². The van der Waals surface area contributed by atoms with Crippen LogP contribution in [0.3, 0.4) is 0 Å². The van der Waals surface area contributed by atoms with E-state index < -0.39 is 0 Å². The number of ether oxygens (including phenoxy) is 1. The van der Waals surface area contributed by atoms with Crippen molar-refractivity contribution in [2.75, 3.05) is 7.11 Å². The van der Waals surface area contributed by atoms with E-state index in [1.54, 1.807) is 11.3 Å². The van der Waals surface area contributed by atoms with Gasteiger partial charge in [-0.15, -0.1) is 45.3 Å². The van der Waals surface area contributed by atoms with Crippen LogP contribution in [0, 0.1) is 0 Å². The zero-order valence-electron chi connectivity index (χ0n) is 31.7. The first-order chi connectivity index (χ1) is 24.7. The number of hydrogen-bond acceptors (Lipinski definition) is 6. The molecule has 0 aliphatic carbocycles. The van der Waals surface area contributed by atoms with Gasteiger partial charge in [0.05, 0.1) is 12.0 Å². The van der Waals surface area contributed by atoms with Gasteiger partial charge in [0.15, 0.2) is 11.3 Å². The second-order valence-electron chi connectivity index (χ2n) is 14.5. The zero-order valence-corrected chi connectivity index (χ0v) is 35.0. The largest absolute Gasteiger partial charge is 0.487 e. The molecule has 6 heteroatoms. The molecule has 0 aromatic carbocycles. The summed E-state index contributed by atoms with van der Waals surface area (Å²) >= 11 is 7.21. The summed E-state index contributed by atoms with van der Waals surface area (Å²) in [7, 11) is 1.81. The fourth-order valence-electron chi connectivity index (χ4n) is 7.11. The van der Waals surface area contributed by atoms with Gasteiger partial charge >= 0.3 is 0 Å². The molecule has 0 fully saturated rings. The Labute approximate surface area is 321 Å². The first-order valence-electron chi connectivity index (χ1n) is 20.5. The molecule has 0 N–H and O–H groups in total. The second kappa shape index (κ2) is 24.7. The minimum absolute atomic E-state index is 0.884. The molecule has 278 valence electrons. The zero-order chi connectivity index (χ0) is 35.2. The number of unbranched alkanes of at least 4 members (excludes halogenated alkanes) is 22. The molecule has 0 saturated carbocycles. The minimum atomic E-state index is 0.884. The molecular weight excluding hydrogens is 689 g/mol.